The van der Waals surface area contributed by atoms with Crippen LogP contribution >= 0.6 is 0 Å². The Morgan fingerprint density at radius 2 is 1.96 bits per heavy atom. The van der Waals surface area contributed by atoms with Gasteiger partial charge >= 0.3 is 5.97 Å². The summed E-state index contributed by atoms with van der Waals surface area (Å²) in [5, 5.41) is 9.34. The van der Waals surface area contributed by atoms with E-state index in [-0.39, 0.29) is 16.9 Å². The number of nitrogens with one attached hydrogen (secondary N) is 1. The number of carboxylic acids is 1. The van der Waals surface area contributed by atoms with Crippen LogP contribution in [-0.2, 0) is 0 Å². The molecule has 0 aliphatic carbocycles. The summed E-state index contributed by atoms with van der Waals surface area (Å²) in [6.07, 6.45) is 1.50. The lowest BCUT2D eigenvalue weighted by molar-refractivity contribution is 0.0693. The maximum absolute atomic E-state index is 12.4. The van der Waals surface area contributed by atoms with Gasteiger partial charge in [0.15, 0.2) is 0 Å². The molecule has 4 rings (SSSR count). The van der Waals surface area contributed by atoms with Gasteiger partial charge in [-0.25, -0.2) is 9.78 Å². The van der Waals surface area contributed by atoms with Crippen molar-refractivity contribution >= 4 is 22.5 Å². The van der Waals surface area contributed by atoms with Gasteiger partial charge in [0.05, 0.1) is 24.3 Å². The molecule has 0 saturated carbocycles. The minimum absolute atomic E-state index is 0.0219. The van der Waals surface area contributed by atoms with Crippen LogP contribution in [-0.4, -0.2) is 32.6 Å². The molecule has 0 amide bonds. The zero-order valence-electron chi connectivity index (χ0n) is 13.2. The van der Waals surface area contributed by atoms with Crippen molar-refractivity contribution in [1.82, 2.24) is 14.4 Å². The van der Waals surface area contributed by atoms with Crippen LogP contribution in [0.4, 0.5) is 0 Å². The number of aromatic carboxylic acids is 1. The standard InChI is InChI=1S/C18H13N3O4/c1-25-15-8-13-12(7-11(15)18(23)24)20-17(22)14-9-19-16(21(13)14)10-5-3-2-4-6-10/h2-9H,1H3,(H,20,22)(H,23,24). The average Bonchev–Trinajstić information content (AvgIpc) is 3.07. The Kier molecular flexibility index (Phi) is 3.28. The highest BCUT2D eigenvalue weighted by Gasteiger charge is 2.17. The average molecular weight is 335 g/mol. The Bertz CT molecular complexity index is 1180. The summed E-state index contributed by atoms with van der Waals surface area (Å²) in [5.41, 5.74) is 1.85. The number of benzene rings is 2. The van der Waals surface area contributed by atoms with Crippen LogP contribution < -0.4 is 10.3 Å². The Balaban J connectivity index is 2.16. The first-order valence-electron chi connectivity index (χ1n) is 7.50. The van der Waals surface area contributed by atoms with Gasteiger partial charge in [-0.15, -0.1) is 0 Å². The van der Waals surface area contributed by atoms with Crippen LogP contribution in [0, 0.1) is 0 Å². The first-order chi connectivity index (χ1) is 12.1. The lowest BCUT2D eigenvalue weighted by Gasteiger charge is -2.10. The molecular formula is C18H13N3O4. The van der Waals surface area contributed by atoms with E-state index in [1.807, 2.05) is 30.3 Å². The number of nitrogens with zero attached hydrogens (tertiary/aromatic N) is 2. The van der Waals surface area contributed by atoms with E-state index in [0.29, 0.717) is 22.4 Å². The van der Waals surface area contributed by atoms with Crippen molar-refractivity contribution in [3.63, 3.8) is 0 Å². The summed E-state index contributed by atoms with van der Waals surface area (Å²) in [6, 6.07) is 12.4. The van der Waals surface area contributed by atoms with Gasteiger partial charge in [0, 0.05) is 11.6 Å². The summed E-state index contributed by atoms with van der Waals surface area (Å²) in [4.78, 5) is 30.9. The monoisotopic (exact) mass is 335 g/mol. The Labute approximate surface area is 141 Å². The molecule has 2 aromatic heterocycles. The largest absolute Gasteiger partial charge is 0.496 e. The lowest BCUT2D eigenvalue weighted by atomic mass is 10.1. The molecule has 0 unspecified atom stereocenters. The molecule has 0 aliphatic rings. The molecular weight excluding hydrogens is 322 g/mol. The lowest BCUT2D eigenvalue weighted by Crippen LogP contribution is -2.11. The van der Waals surface area contributed by atoms with Gasteiger partial charge in [-0.2, -0.15) is 0 Å². The van der Waals surface area contributed by atoms with E-state index in [1.54, 1.807) is 10.5 Å². The molecule has 0 saturated heterocycles. The van der Waals surface area contributed by atoms with E-state index >= 15 is 0 Å². The van der Waals surface area contributed by atoms with Crippen LogP contribution in [0.25, 0.3) is 27.9 Å². The predicted molar refractivity (Wildman–Crippen MR) is 92.3 cm³/mol. The zero-order chi connectivity index (χ0) is 17.6. The van der Waals surface area contributed by atoms with E-state index < -0.39 is 5.97 Å². The number of fused-ring (bicyclic) bond motifs is 3. The molecule has 25 heavy (non-hydrogen) atoms. The van der Waals surface area contributed by atoms with Crippen LogP contribution in [0.2, 0.25) is 0 Å². The Hall–Kier alpha value is -3.61. The first kappa shape index (κ1) is 14.9. The highest BCUT2D eigenvalue weighted by atomic mass is 16.5. The molecule has 124 valence electrons. The molecule has 0 bridgehead atoms. The quantitative estimate of drug-likeness (QED) is 0.600. The Morgan fingerprint density at radius 3 is 2.64 bits per heavy atom. The number of carboxylic acid groups (broad SMARTS) is 1. The van der Waals surface area contributed by atoms with Gasteiger partial charge in [-0.3, -0.25) is 9.20 Å². The maximum Gasteiger partial charge on any atom is 0.339 e. The van der Waals surface area contributed by atoms with Crippen molar-refractivity contribution in [2.24, 2.45) is 0 Å². The van der Waals surface area contributed by atoms with Crippen molar-refractivity contribution in [3.05, 3.63) is 64.6 Å². The van der Waals surface area contributed by atoms with Crippen LogP contribution in [0.15, 0.2) is 53.5 Å². The summed E-state index contributed by atoms with van der Waals surface area (Å²) >= 11 is 0. The minimum atomic E-state index is -1.13. The number of methoxy groups -OCH3 is 1. The third-order valence-electron chi connectivity index (χ3n) is 4.06. The van der Waals surface area contributed by atoms with Gasteiger partial charge in [0.2, 0.25) is 0 Å². The fraction of sp³-hybridized carbons (Fsp3) is 0.0556. The van der Waals surface area contributed by atoms with E-state index in [1.165, 1.54) is 19.4 Å². The fourth-order valence-electron chi connectivity index (χ4n) is 2.92. The number of aromatic amines is 1. The van der Waals surface area contributed by atoms with Crippen molar-refractivity contribution in [1.29, 1.82) is 0 Å². The fourth-order valence-corrected chi connectivity index (χ4v) is 2.92. The Morgan fingerprint density at radius 1 is 1.20 bits per heavy atom. The molecule has 0 spiro atoms. The molecule has 0 atom stereocenters. The molecule has 2 N–H and O–H groups in total. The first-order valence-corrected chi connectivity index (χ1v) is 7.50. The molecule has 7 heteroatoms. The summed E-state index contributed by atoms with van der Waals surface area (Å²) in [6.45, 7) is 0. The third kappa shape index (κ3) is 2.25. The second-order valence-electron chi connectivity index (χ2n) is 5.50. The molecule has 7 nitrogen and oxygen atoms in total. The van der Waals surface area contributed by atoms with Crippen molar-refractivity contribution in [3.8, 4) is 17.1 Å². The highest BCUT2D eigenvalue weighted by Crippen LogP contribution is 2.28. The summed E-state index contributed by atoms with van der Waals surface area (Å²) in [5.74, 6) is -0.327. The SMILES string of the molecule is COc1cc2c(cc1C(=O)O)[nH]c(=O)c1cnc(-c3ccccc3)n12. The van der Waals surface area contributed by atoms with Crippen LogP contribution in [0.1, 0.15) is 10.4 Å². The predicted octanol–water partition coefficient (Wildman–Crippen LogP) is 2.55. The molecule has 0 radical (unpaired) electrons. The van der Waals surface area contributed by atoms with Gasteiger partial charge < -0.3 is 14.8 Å². The van der Waals surface area contributed by atoms with E-state index in [0.717, 1.165) is 5.56 Å². The number of ether oxygens (including phenoxy) is 1. The maximum atomic E-state index is 12.4. The van der Waals surface area contributed by atoms with Crippen LogP contribution in [0.5, 0.6) is 5.75 Å². The molecule has 0 aliphatic heterocycles. The van der Waals surface area contributed by atoms with Gasteiger partial charge in [-0.1, -0.05) is 30.3 Å². The number of hydrogen-bond donors (Lipinski definition) is 2. The second kappa shape index (κ2) is 5.48. The minimum Gasteiger partial charge on any atom is -0.496 e. The van der Waals surface area contributed by atoms with Crippen molar-refractivity contribution in [2.75, 3.05) is 7.11 Å². The van der Waals surface area contributed by atoms with Gasteiger partial charge in [-0.05, 0) is 6.07 Å². The van der Waals surface area contributed by atoms with Crippen LogP contribution in [0.3, 0.4) is 0 Å². The second-order valence-corrected chi connectivity index (χ2v) is 5.50. The van der Waals surface area contributed by atoms with E-state index in [4.69, 9.17) is 4.74 Å². The zero-order valence-corrected chi connectivity index (χ0v) is 13.2. The molecule has 4 aromatic rings. The summed E-state index contributed by atoms with van der Waals surface area (Å²) < 4.78 is 6.92. The number of carbonyl (C=O) groups is 1. The van der Waals surface area contributed by atoms with Crippen molar-refractivity contribution in [2.45, 2.75) is 0 Å². The normalized spacial score (nSPS) is 11.1. The number of hydrogen-bond acceptors (Lipinski definition) is 4. The topological polar surface area (TPSA) is 96.7 Å². The molecule has 0 fully saturated rings. The third-order valence-corrected chi connectivity index (χ3v) is 4.06. The molecule has 2 aromatic carbocycles. The number of aromatic nitrogens is 3. The van der Waals surface area contributed by atoms with Gasteiger partial charge in [0.25, 0.3) is 5.56 Å². The summed E-state index contributed by atoms with van der Waals surface area (Å²) in [7, 11) is 1.41. The smallest absolute Gasteiger partial charge is 0.339 e. The molecule has 2 heterocycles. The van der Waals surface area contributed by atoms with E-state index in [2.05, 4.69) is 9.97 Å². The number of H-pyrrole nitrogens is 1. The van der Waals surface area contributed by atoms with Crippen molar-refractivity contribution < 1.29 is 14.6 Å². The number of rotatable bonds is 3. The highest BCUT2D eigenvalue weighted by molar-refractivity contribution is 5.96. The number of imidazole rings is 1. The van der Waals surface area contributed by atoms with Gasteiger partial charge in [0.1, 0.15) is 22.7 Å². The van der Waals surface area contributed by atoms with E-state index in [9.17, 15) is 14.7 Å².